The number of phenols is 1. The second-order valence-corrected chi connectivity index (χ2v) is 11.5. The molecule has 0 fully saturated rings. The van der Waals surface area contributed by atoms with Crippen molar-refractivity contribution >= 4 is 47.2 Å². The number of hydrogen-bond donors (Lipinski definition) is 8. The Morgan fingerprint density at radius 3 is 2.07 bits per heavy atom. The van der Waals surface area contributed by atoms with E-state index in [1.165, 1.54) is 30.8 Å². The maximum absolute atomic E-state index is 13.5. The van der Waals surface area contributed by atoms with Crippen molar-refractivity contribution in [2.45, 2.75) is 83.0 Å². The molecule has 246 valence electrons. The summed E-state index contributed by atoms with van der Waals surface area (Å²) in [7, 11) is 0. The Bertz CT molecular complexity index is 1100. The number of hydrogen-bond acceptors (Lipinski definition) is 9. The predicted octanol–water partition coefficient (Wildman–Crippen LogP) is -0.822. The van der Waals surface area contributed by atoms with Gasteiger partial charge in [0, 0.05) is 25.8 Å². The zero-order valence-corrected chi connectivity index (χ0v) is 26.5. The largest absolute Gasteiger partial charge is 0.508 e. The zero-order valence-electron chi connectivity index (χ0n) is 25.6. The fourth-order valence-electron chi connectivity index (χ4n) is 4.20. The summed E-state index contributed by atoms with van der Waals surface area (Å²) in [6, 6.07) is 2.68. The Kier molecular flexibility index (Phi) is 18.2. The molecule has 0 radical (unpaired) electrons. The first-order valence-corrected chi connectivity index (χ1v) is 16.0. The van der Waals surface area contributed by atoms with Gasteiger partial charge in [0.25, 0.3) is 0 Å². The van der Waals surface area contributed by atoms with E-state index in [0.29, 0.717) is 30.7 Å². The molecule has 0 aromatic heterocycles. The van der Waals surface area contributed by atoms with Gasteiger partial charge in [-0.15, -0.1) is 0 Å². The number of benzene rings is 1. The molecule has 15 heteroatoms. The van der Waals surface area contributed by atoms with E-state index >= 15 is 0 Å². The lowest BCUT2D eigenvalue weighted by atomic mass is 10.0. The Hall–Kier alpha value is -3.85. The van der Waals surface area contributed by atoms with Gasteiger partial charge in [-0.3, -0.25) is 28.8 Å². The van der Waals surface area contributed by atoms with Gasteiger partial charge < -0.3 is 43.2 Å². The second kappa shape index (κ2) is 21.0. The Morgan fingerprint density at radius 1 is 0.841 bits per heavy atom. The monoisotopic (exact) mass is 637 g/mol. The van der Waals surface area contributed by atoms with Crippen molar-refractivity contribution in [3.8, 4) is 5.75 Å². The van der Waals surface area contributed by atoms with Crippen LogP contribution in [0.1, 0.15) is 57.9 Å². The van der Waals surface area contributed by atoms with Crippen LogP contribution >= 0.6 is 11.8 Å². The quantitative estimate of drug-likeness (QED) is 0.0785. The van der Waals surface area contributed by atoms with Crippen LogP contribution in [0.3, 0.4) is 0 Å². The van der Waals surface area contributed by atoms with Crippen LogP contribution in [0.5, 0.6) is 5.75 Å². The number of thioether (sulfide) groups is 1. The molecular formula is C29H47N7O7S. The van der Waals surface area contributed by atoms with Gasteiger partial charge in [-0.1, -0.05) is 18.6 Å². The first kappa shape index (κ1) is 38.2. The Labute approximate surface area is 262 Å². The molecule has 14 nitrogen and oxygen atoms in total. The van der Waals surface area contributed by atoms with Gasteiger partial charge >= 0.3 is 0 Å². The first-order valence-electron chi connectivity index (χ1n) is 14.6. The van der Waals surface area contributed by atoms with Gasteiger partial charge in [-0.2, -0.15) is 11.8 Å². The highest BCUT2D eigenvalue weighted by Crippen LogP contribution is 2.12. The molecule has 0 aliphatic heterocycles. The van der Waals surface area contributed by atoms with Crippen LogP contribution in [0.25, 0.3) is 0 Å². The van der Waals surface area contributed by atoms with Crippen molar-refractivity contribution < 1.29 is 33.9 Å². The van der Waals surface area contributed by atoms with Gasteiger partial charge in [0.15, 0.2) is 0 Å². The van der Waals surface area contributed by atoms with E-state index < -0.39 is 54.2 Å². The van der Waals surface area contributed by atoms with Gasteiger partial charge in [0.1, 0.15) is 23.9 Å². The average Bonchev–Trinajstić information content (AvgIpc) is 2.96. The molecule has 1 aromatic rings. The van der Waals surface area contributed by atoms with E-state index in [-0.39, 0.29) is 37.0 Å². The fourth-order valence-corrected chi connectivity index (χ4v) is 4.67. The highest BCUT2D eigenvalue weighted by Gasteiger charge is 2.28. The number of nitrogens with two attached hydrogens (primary N) is 2. The molecule has 6 amide bonds. The third kappa shape index (κ3) is 16.1. The summed E-state index contributed by atoms with van der Waals surface area (Å²) in [5.74, 6) is -2.85. The number of primary amides is 1. The molecule has 0 spiro atoms. The third-order valence-corrected chi connectivity index (χ3v) is 7.19. The van der Waals surface area contributed by atoms with Crippen LogP contribution in [-0.2, 0) is 35.2 Å². The van der Waals surface area contributed by atoms with E-state index in [0.717, 1.165) is 12.8 Å². The standard InChI is InChI=1S/C29H47N7O7S/c1-18(6-4-5-14-30)33-28(42)22(11-12-25(31)39)36-29(43)24(16-20-7-9-21(38)10-8-20)35-26(40)17-32-27(41)23(13-15-44-3)34-19(2)37/h7-10,18,22-24,38H,4-6,11-17,30H2,1-3H3,(H2,31,39)(H,32,41)(H,33,42)(H,34,37)(H,35,40)(H,36,43)/t18-,22+,23+,24+/m1/s1. The van der Waals surface area contributed by atoms with Crippen LogP contribution in [0.2, 0.25) is 0 Å². The molecule has 1 aromatic carbocycles. The van der Waals surface area contributed by atoms with Crippen LogP contribution in [-0.4, -0.2) is 89.8 Å². The van der Waals surface area contributed by atoms with Gasteiger partial charge in [-0.25, -0.2) is 0 Å². The number of rotatable bonds is 21. The van der Waals surface area contributed by atoms with Crippen molar-refractivity contribution in [2.75, 3.05) is 25.1 Å². The fraction of sp³-hybridized carbons (Fsp3) is 0.586. The number of carbonyl (C=O) groups excluding carboxylic acids is 6. The minimum absolute atomic E-state index is 0.00626. The third-order valence-electron chi connectivity index (χ3n) is 6.55. The van der Waals surface area contributed by atoms with Crippen LogP contribution < -0.4 is 38.1 Å². The molecule has 44 heavy (non-hydrogen) atoms. The zero-order chi connectivity index (χ0) is 33.1. The summed E-state index contributed by atoms with van der Waals surface area (Å²) in [6.45, 7) is 3.17. The van der Waals surface area contributed by atoms with Crippen molar-refractivity contribution in [3.05, 3.63) is 29.8 Å². The number of phenolic OH excluding ortho intramolecular Hbond substituents is 1. The van der Waals surface area contributed by atoms with Crippen molar-refractivity contribution in [1.82, 2.24) is 26.6 Å². The number of amides is 6. The molecular weight excluding hydrogens is 590 g/mol. The highest BCUT2D eigenvalue weighted by molar-refractivity contribution is 7.98. The van der Waals surface area contributed by atoms with E-state index in [2.05, 4.69) is 26.6 Å². The van der Waals surface area contributed by atoms with E-state index in [4.69, 9.17) is 11.5 Å². The van der Waals surface area contributed by atoms with E-state index in [9.17, 15) is 33.9 Å². The minimum atomic E-state index is -1.18. The second-order valence-electron chi connectivity index (χ2n) is 10.5. The number of nitrogens with one attached hydrogen (secondary N) is 5. The van der Waals surface area contributed by atoms with Crippen molar-refractivity contribution in [1.29, 1.82) is 0 Å². The smallest absolute Gasteiger partial charge is 0.243 e. The molecule has 0 saturated carbocycles. The SMILES string of the molecule is CSCC[C@H](NC(C)=O)C(=O)NCC(=O)N[C@@H](Cc1ccc(O)cc1)C(=O)N[C@@H](CCC(N)=O)C(=O)N[C@H](C)CCCCN. The molecule has 0 saturated heterocycles. The maximum atomic E-state index is 13.5. The molecule has 0 unspecified atom stereocenters. The number of carbonyl (C=O) groups is 6. The van der Waals surface area contributed by atoms with Crippen LogP contribution in [0, 0.1) is 0 Å². The van der Waals surface area contributed by atoms with Crippen molar-refractivity contribution in [2.24, 2.45) is 11.5 Å². The number of aromatic hydroxyl groups is 1. The first-order chi connectivity index (χ1) is 20.9. The summed E-state index contributed by atoms with van der Waals surface area (Å²) < 4.78 is 0. The lowest BCUT2D eigenvalue weighted by Crippen LogP contribution is -2.56. The summed E-state index contributed by atoms with van der Waals surface area (Å²) in [4.78, 5) is 75.1. The van der Waals surface area contributed by atoms with Crippen LogP contribution in [0.4, 0.5) is 0 Å². The van der Waals surface area contributed by atoms with Crippen molar-refractivity contribution in [3.63, 3.8) is 0 Å². The Balaban J connectivity index is 3.04. The molecule has 10 N–H and O–H groups in total. The number of unbranched alkanes of at least 4 members (excludes halogenated alkanes) is 1. The molecule has 1 rings (SSSR count). The average molecular weight is 638 g/mol. The van der Waals surface area contributed by atoms with E-state index in [1.54, 1.807) is 12.1 Å². The summed E-state index contributed by atoms with van der Waals surface area (Å²) >= 11 is 1.50. The summed E-state index contributed by atoms with van der Waals surface area (Å²) in [6.07, 6.45) is 4.27. The molecule has 0 heterocycles. The molecule has 0 aliphatic carbocycles. The molecule has 0 bridgehead atoms. The van der Waals surface area contributed by atoms with Crippen LogP contribution in [0.15, 0.2) is 24.3 Å². The van der Waals surface area contributed by atoms with Gasteiger partial charge in [0.05, 0.1) is 6.54 Å². The van der Waals surface area contributed by atoms with E-state index in [1.807, 2.05) is 13.2 Å². The molecule has 4 atom stereocenters. The Morgan fingerprint density at radius 2 is 1.48 bits per heavy atom. The summed E-state index contributed by atoms with van der Waals surface area (Å²) in [5.41, 5.74) is 11.4. The minimum Gasteiger partial charge on any atom is -0.508 e. The molecule has 0 aliphatic rings. The van der Waals surface area contributed by atoms with Gasteiger partial charge in [-0.05, 0) is 68.9 Å². The topological polar surface area (TPSA) is 235 Å². The maximum Gasteiger partial charge on any atom is 0.243 e. The van der Waals surface area contributed by atoms with Gasteiger partial charge in [0.2, 0.25) is 35.4 Å². The predicted molar refractivity (Wildman–Crippen MR) is 168 cm³/mol. The highest BCUT2D eigenvalue weighted by atomic mass is 32.2. The lowest BCUT2D eigenvalue weighted by Gasteiger charge is -2.25. The normalized spacial score (nSPS) is 13.5. The lowest BCUT2D eigenvalue weighted by molar-refractivity contribution is -0.133. The summed E-state index contributed by atoms with van der Waals surface area (Å²) in [5, 5.41) is 22.7.